The zero-order valence-corrected chi connectivity index (χ0v) is 18.2. The number of nitrogens with zero attached hydrogens (tertiary/aromatic N) is 2. The van der Waals surface area contributed by atoms with Crippen LogP contribution in [0.1, 0.15) is 12.5 Å². The summed E-state index contributed by atoms with van der Waals surface area (Å²) in [6.45, 7) is 2.21. The fourth-order valence-electron chi connectivity index (χ4n) is 2.51. The van der Waals surface area contributed by atoms with Gasteiger partial charge in [0, 0.05) is 12.1 Å². The Kier molecular flexibility index (Phi) is 6.20. The predicted octanol–water partition coefficient (Wildman–Crippen LogP) is 4.71. The number of thiocarbonyl (C=S) groups is 1. The number of amides is 1. The summed E-state index contributed by atoms with van der Waals surface area (Å²) in [6.07, 6.45) is 1.68. The highest BCUT2D eigenvalue weighted by Crippen LogP contribution is 2.38. The molecule has 1 saturated heterocycles. The van der Waals surface area contributed by atoms with Gasteiger partial charge in [-0.15, -0.1) is 0 Å². The number of phenolic OH excluding ortho intramolecular Hbond substituents is 1. The molecule has 1 aliphatic heterocycles. The minimum absolute atomic E-state index is 0.0537. The van der Waals surface area contributed by atoms with Gasteiger partial charge in [-0.2, -0.15) is 0 Å². The molecule has 7 nitrogen and oxygen atoms in total. The maximum Gasteiger partial charge on any atom is 0.270 e. The number of nitro benzene ring substituents is 1. The Bertz CT molecular complexity index is 1010. The Hall–Kier alpha value is -2.18. The third-order valence-electron chi connectivity index (χ3n) is 3.76. The Labute approximate surface area is 183 Å². The van der Waals surface area contributed by atoms with E-state index in [2.05, 4.69) is 0 Å². The van der Waals surface area contributed by atoms with Gasteiger partial charge in [-0.05, 0) is 65.4 Å². The minimum Gasteiger partial charge on any atom is -0.504 e. The summed E-state index contributed by atoms with van der Waals surface area (Å²) in [7, 11) is 0. The van der Waals surface area contributed by atoms with Gasteiger partial charge >= 0.3 is 0 Å². The van der Waals surface area contributed by atoms with Crippen molar-refractivity contribution in [2.24, 2.45) is 0 Å². The number of carbonyl (C=O) groups is 1. The van der Waals surface area contributed by atoms with Gasteiger partial charge < -0.3 is 9.84 Å². The predicted molar refractivity (Wildman–Crippen MR) is 121 cm³/mol. The SMILES string of the molecule is CCOc1cc(/C=C2\SC(=S)N(c3ccc([N+](=O)[O-])cc3)C2=O)cc(I)c1O. The van der Waals surface area contributed by atoms with Crippen LogP contribution in [0.2, 0.25) is 0 Å². The van der Waals surface area contributed by atoms with Crippen LogP contribution in [-0.4, -0.2) is 26.9 Å². The summed E-state index contributed by atoms with van der Waals surface area (Å²) in [5.41, 5.74) is 1.09. The number of nitro groups is 1. The number of non-ortho nitro benzene ring substituents is 1. The molecule has 3 rings (SSSR count). The van der Waals surface area contributed by atoms with E-state index >= 15 is 0 Å². The molecule has 0 radical (unpaired) electrons. The number of rotatable bonds is 5. The molecule has 0 unspecified atom stereocenters. The molecule has 0 bridgehead atoms. The van der Waals surface area contributed by atoms with Gasteiger partial charge in [0.05, 0.1) is 25.7 Å². The molecule has 1 aliphatic rings. The summed E-state index contributed by atoms with van der Waals surface area (Å²) in [6, 6.07) is 9.02. The number of ether oxygens (including phenoxy) is 1. The molecule has 0 aromatic heterocycles. The van der Waals surface area contributed by atoms with E-state index in [0.717, 1.165) is 11.8 Å². The van der Waals surface area contributed by atoms with Crippen LogP contribution in [0.3, 0.4) is 0 Å². The van der Waals surface area contributed by atoms with Gasteiger partial charge in [-0.1, -0.05) is 24.0 Å². The number of hydrogen-bond acceptors (Lipinski definition) is 7. The van der Waals surface area contributed by atoms with E-state index in [-0.39, 0.29) is 17.3 Å². The minimum atomic E-state index is -0.504. The third-order valence-corrected chi connectivity index (χ3v) is 5.89. The van der Waals surface area contributed by atoms with Crippen molar-refractivity contribution in [3.63, 3.8) is 0 Å². The quantitative estimate of drug-likeness (QED) is 0.198. The zero-order chi connectivity index (χ0) is 20.4. The van der Waals surface area contributed by atoms with Crippen LogP contribution in [-0.2, 0) is 4.79 Å². The second-order valence-electron chi connectivity index (χ2n) is 5.57. The molecule has 0 spiro atoms. The van der Waals surface area contributed by atoms with E-state index < -0.39 is 4.92 Å². The van der Waals surface area contributed by atoms with E-state index in [9.17, 15) is 20.0 Å². The van der Waals surface area contributed by atoms with Gasteiger partial charge in [0.1, 0.15) is 0 Å². The first-order chi connectivity index (χ1) is 13.3. The van der Waals surface area contributed by atoms with Crippen molar-refractivity contribution < 1.29 is 19.6 Å². The lowest BCUT2D eigenvalue weighted by Crippen LogP contribution is -2.27. The summed E-state index contributed by atoms with van der Waals surface area (Å²) in [4.78, 5) is 24.9. The van der Waals surface area contributed by atoms with Crippen LogP contribution in [0, 0.1) is 13.7 Å². The van der Waals surface area contributed by atoms with Crippen LogP contribution >= 0.6 is 46.6 Å². The molecule has 10 heteroatoms. The molecular formula is C18H13IN2O5S2. The molecule has 1 N–H and O–H groups in total. The standard InChI is InChI=1S/C18H13IN2O5S2/c1-2-26-14-8-10(7-13(19)16(14)22)9-15-17(23)20(18(27)28-15)11-3-5-12(6-4-11)21(24)25/h3-9,22H,2H2,1H3/b15-9-. The number of carbonyl (C=O) groups excluding carboxylic acids is 1. The molecule has 1 amide bonds. The Morgan fingerprint density at radius 2 is 2.04 bits per heavy atom. The van der Waals surface area contributed by atoms with E-state index in [1.165, 1.54) is 29.2 Å². The number of hydrogen-bond donors (Lipinski definition) is 1. The molecule has 0 atom stereocenters. The number of halogens is 1. The molecule has 144 valence electrons. The van der Waals surface area contributed by atoms with Gasteiger partial charge in [-0.3, -0.25) is 19.8 Å². The second-order valence-corrected chi connectivity index (χ2v) is 8.41. The monoisotopic (exact) mass is 528 g/mol. The number of benzene rings is 2. The molecule has 28 heavy (non-hydrogen) atoms. The highest BCUT2D eigenvalue weighted by molar-refractivity contribution is 14.1. The number of thioether (sulfide) groups is 1. The number of aromatic hydroxyl groups is 1. The zero-order valence-electron chi connectivity index (χ0n) is 14.4. The molecule has 1 heterocycles. The topological polar surface area (TPSA) is 92.9 Å². The average molecular weight is 528 g/mol. The van der Waals surface area contributed by atoms with Gasteiger partial charge in [-0.25, -0.2) is 0 Å². The van der Waals surface area contributed by atoms with Crippen molar-refractivity contribution in [2.75, 3.05) is 11.5 Å². The van der Waals surface area contributed by atoms with E-state index in [1.807, 2.05) is 29.5 Å². The van der Waals surface area contributed by atoms with Crippen molar-refractivity contribution in [2.45, 2.75) is 6.92 Å². The summed E-state index contributed by atoms with van der Waals surface area (Å²) >= 11 is 8.45. The van der Waals surface area contributed by atoms with Gasteiger partial charge in [0.2, 0.25) is 0 Å². The fourth-order valence-corrected chi connectivity index (χ4v) is 4.43. The van der Waals surface area contributed by atoms with Crippen LogP contribution in [0.25, 0.3) is 6.08 Å². The number of anilines is 1. The highest BCUT2D eigenvalue weighted by atomic mass is 127. The summed E-state index contributed by atoms with van der Waals surface area (Å²) in [5.74, 6) is 0.0782. The second kappa shape index (κ2) is 8.45. The Balaban J connectivity index is 1.92. The molecule has 0 aliphatic carbocycles. The molecular weight excluding hydrogens is 515 g/mol. The maximum atomic E-state index is 12.8. The van der Waals surface area contributed by atoms with Crippen LogP contribution in [0.15, 0.2) is 41.3 Å². The molecule has 0 saturated carbocycles. The first-order valence-electron chi connectivity index (χ1n) is 7.99. The maximum absolute atomic E-state index is 12.8. The van der Waals surface area contributed by atoms with Crippen LogP contribution in [0.4, 0.5) is 11.4 Å². The molecule has 1 fully saturated rings. The Morgan fingerprint density at radius 3 is 2.64 bits per heavy atom. The summed E-state index contributed by atoms with van der Waals surface area (Å²) in [5, 5.41) is 20.9. The first-order valence-corrected chi connectivity index (χ1v) is 10.3. The van der Waals surface area contributed by atoms with Crippen molar-refractivity contribution >= 4 is 74.2 Å². The Morgan fingerprint density at radius 1 is 1.36 bits per heavy atom. The fraction of sp³-hybridized carbons (Fsp3) is 0.111. The smallest absolute Gasteiger partial charge is 0.270 e. The van der Waals surface area contributed by atoms with Gasteiger partial charge in [0.15, 0.2) is 15.8 Å². The van der Waals surface area contributed by atoms with Crippen molar-refractivity contribution in [3.8, 4) is 11.5 Å². The first kappa shape index (κ1) is 20.6. The average Bonchev–Trinajstić information content (AvgIpc) is 2.93. The van der Waals surface area contributed by atoms with Crippen molar-refractivity contribution in [3.05, 3.63) is 60.6 Å². The third kappa shape index (κ3) is 4.13. The number of phenols is 1. The van der Waals surface area contributed by atoms with Crippen molar-refractivity contribution in [1.82, 2.24) is 0 Å². The van der Waals surface area contributed by atoms with Crippen molar-refractivity contribution in [1.29, 1.82) is 0 Å². The lowest BCUT2D eigenvalue weighted by atomic mass is 10.2. The normalized spacial score (nSPS) is 15.4. The molecule has 2 aromatic carbocycles. The van der Waals surface area contributed by atoms with Crippen LogP contribution < -0.4 is 9.64 Å². The summed E-state index contributed by atoms with van der Waals surface area (Å²) < 4.78 is 6.36. The highest BCUT2D eigenvalue weighted by Gasteiger charge is 2.33. The van der Waals surface area contributed by atoms with E-state index in [0.29, 0.717) is 36.4 Å². The lowest BCUT2D eigenvalue weighted by Gasteiger charge is -2.14. The largest absolute Gasteiger partial charge is 0.504 e. The lowest BCUT2D eigenvalue weighted by molar-refractivity contribution is -0.384. The van der Waals surface area contributed by atoms with Crippen LogP contribution in [0.5, 0.6) is 11.5 Å². The van der Waals surface area contributed by atoms with E-state index in [1.54, 1.807) is 18.2 Å². The molecule has 2 aromatic rings. The van der Waals surface area contributed by atoms with Gasteiger partial charge in [0.25, 0.3) is 11.6 Å². The van der Waals surface area contributed by atoms with E-state index in [4.69, 9.17) is 17.0 Å².